The van der Waals surface area contributed by atoms with Crippen molar-refractivity contribution in [3.05, 3.63) is 120 Å². The molecule has 0 radical (unpaired) electrons. The quantitative estimate of drug-likeness (QED) is 0.136. The van der Waals surface area contributed by atoms with Gasteiger partial charge in [0, 0.05) is 28.8 Å². The maximum Gasteiger partial charge on any atom is 2.00 e. The van der Waals surface area contributed by atoms with Crippen molar-refractivity contribution in [2.45, 2.75) is 46.5 Å². The van der Waals surface area contributed by atoms with Gasteiger partial charge in [0.15, 0.2) is 0 Å². The molecule has 0 bridgehead atoms. The van der Waals surface area contributed by atoms with Crippen molar-refractivity contribution < 1.29 is 35.3 Å². The van der Waals surface area contributed by atoms with E-state index in [1.54, 1.807) is 14.2 Å². The zero-order chi connectivity index (χ0) is 33.5. The SMILES string of the molecule is COc1cccc(OC)c1-c1c(C(C)C)nn(-c2[c-]c(Oc3[c-]c4c(cc3)c3ccccc3n4-c3cc(C)ccn3)ccc2)c1C(C)C.[Pt+2]. The zero-order valence-electron chi connectivity index (χ0n) is 28.6. The second-order valence-corrected chi connectivity index (χ2v) is 12.5. The first-order valence-corrected chi connectivity index (χ1v) is 16.2. The molecule has 0 N–H and O–H groups in total. The molecule has 250 valence electrons. The summed E-state index contributed by atoms with van der Waals surface area (Å²) in [5, 5.41) is 7.41. The first kappa shape index (κ1) is 34.0. The summed E-state index contributed by atoms with van der Waals surface area (Å²) < 4.78 is 22.3. The molecule has 7 rings (SSSR count). The second kappa shape index (κ2) is 13.9. The summed E-state index contributed by atoms with van der Waals surface area (Å²) in [6, 6.07) is 35.3. The first-order chi connectivity index (χ1) is 23.3. The fraction of sp³-hybridized carbons (Fsp3) is 0.220. The minimum atomic E-state index is 0. The van der Waals surface area contributed by atoms with E-state index in [1.807, 2.05) is 65.5 Å². The molecule has 49 heavy (non-hydrogen) atoms. The number of para-hydroxylation sites is 1. The molecule has 3 heterocycles. The molecule has 7 nitrogen and oxygen atoms in total. The van der Waals surface area contributed by atoms with Crippen LogP contribution >= 0.6 is 0 Å². The first-order valence-electron chi connectivity index (χ1n) is 16.2. The van der Waals surface area contributed by atoms with Crippen molar-refractivity contribution in [1.82, 2.24) is 19.3 Å². The largest absolute Gasteiger partial charge is 2.00 e. The molecule has 0 spiro atoms. The van der Waals surface area contributed by atoms with Gasteiger partial charge in [-0.3, -0.25) is 4.68 Å². The van der Waals surface area contributed by atoms with Crippen LogP contribution in [0.25, 0.3) is 44.4 Å². The molecule has 0 saturated heterocycles. The third-order valence-corrected chi connectivity index (χ3v) is 8.61. The van der Waals surface area contributed by atoms with Gasteiger partial charge in [-0.2, -0.15) is 17.2 Å². The summed E-state index contributed by atoms with van der Waals surface area (Å²) in [6.07, 6.45) is 1.84. The molecule has 3 aromatic heterocycles. The third-order valence-electron chi connectivity index (χ3n) is 8.61. The maximum absolute atomic E-state index is 6.48. The predicted octanol–water partition coefficient (Wildman–Crippen LogP) is 9.99. The predicted molar refractivity (Wildman–Crippen MR) is 191 cm³/mol. The van der Waals surface area contributed by atoms with Crippen molar-refractivity contribution in [3.63, 3.8) is 0 Å². The summed E-state index contributed by atoms with van der Waals surface area (Å²) in [7, 11) is 3.37. The van der Waals surface area contributed by atoms with Gasteiger partial charge in [0.25, 0.3) is 0 Å². The van der Waals surface area contributed by atoms with Gasteiger partial charge in [0.1, 0.15) is 17.3 Å². The molecule has 0 atom stereocenters. The Hall–Kier alpha value is -4.87. The summed E-state index contributed by atoms with van der Waals surface area (Å²) in [4.78, 5) is 4.70. The molecular weight excluding hydrogens is 792 g/mol. The van der Waals surface area contributed by atoms with Gasteiger partial charge in [-0.1, -0.05) is 57.5 Å². The topological polar surface area (TPSA) is 63.3 Å². The van der Waals surface area contributed by atoms with Crippen LogP contribution in [0, 0.1) is 19.1 Å². The van der Waals surface area contributed by atoms with E-state index in [4.69, 9.17) is 24.3 Å². The van der Waals surface area contributed by atoms with Crippen LogP contribution in [-0.4, -0.2) is 33.6 Å². The molecule has 0 amide bonds. The molecule has 0 aliphatic carbocycles. The number of aromatic nitrogens is 4. The van der Waals surface area contributed by atoms with Gasteiger partial charge in [-0.05, 0) is 65.7 Å². The molecular formula is C41H38N4O3Pt. The number of benzene rings is 4. The number of hydrogen-bond donors (Lipinski definition) is 0. The second-order valence-electron chi connectivity index (χ2n) is 12.5. The summed E-state index contributed by atoms with van der Waals surface area (Å²) in [5.74, 6) is 3.73. The standard InChI is InChI=1S/C41H38N4O3.Pt/c1-25(2)40-39(38-35(46-6)16-11-17-36(38)47-7)41(26(3)4)45(43-40)28-12-10-13-29(23-28)48-30-18-19-32-31-14-8-9-15-33(31)44(34(32)24-30)37-22-27(5)20-21-42-37;/h8-22,25-26H,1-7H3;/q-2;+2. The number of ether oxygens (including phenoxy) is 3. The Labute approximate surface area is 301 Å². The van der Waals surface area contributed by atoms with E-state index < -0.39 is 0 Å². The molecule has 8 heteroatoms. The monoisotopic (exact) mass is 829 g/mol. The van der Waals surface area contributed by atoms with Crippen molar-refractivity contribution in [2.75, 3.05) is 14.2 Å². The Kier molecular flexibility index (Phi) is 9.67. The van der Waals surface area contributed by atoms with Crippen LogP contribution in [0.5, 0.6) is 23.0 Å². The van der Waals surface area contributed by atoms with Gasteiger partial charge in [-0.25, -0.2) is 4.98 Å². The third kappa shape index (κ3) is 6.13. The summed E-state index contributed by atoms with van der Waals surface area (Å²) >= 11 is 0. The fourth-order valence-electron chi connectivity index (χ4n) is 6.48. The Morgan fingerprint density at radius 2 is 1.43 bits per heavy atom. The summed E-state index contributed by atoms with van der Waals surface area (Å²) in [5.41, 5.74) is 7.79. The van der Waals surface area contributed by atoms with Gasteiger partial charge in [0.2, 0.25) is 0 Å². The smallest absolute Gasteiger partial charge is 0.509 e. The van der Waals surface area contributed by atoms with Crippen LogP contribution in [0.3, 0.4) is 0 Å². The molecule has 0 fully saturated rings. The molecule has 0 aliphatic rings. The number of rotatable bonds is 9. The van der Waals surface area contributed by atoms with Crippen molar-refractivity contribution in [3.8, 4) is 45.6 Å². The van der Waals surface area contributed by atoms with E-state index in [2.05, 4.69) is 81.7 Å². The molecule has 0 saturated carbocycles. The van der Waals surface area contributed by atoms with Gasteiger partial charge < -0.3 is 18.8 Å². The van der Waals surface area contributed by atoms with E-state index in [9.17, 15) is 0 Å². The van der Waals surface area contributed by atoms with Gasteiger partial charge in [0.05, 0.1) is 31.2 Å². The molecule has 0 aliphatic heterocycles. The average molecular weight is 830 g/mol. The minimum absolute atomic E-state index is 0. The zero-order valence-corrected chi connectivity index (χ0v) is 30.9. The van der Waals surface area contributed by atoms with Crippen molar-refractivity contribution >= 4 is 21.8 Å². The van der Waals surface area contributed by atoms with Gasteiger partial charge in [-0.15, -0.1) is 35.7 Å². The molecule has 4 aromatic carbocycles. The number of nitrogens with zero attached hydrogens (tertiary/aromatic N) is 4. The fourth-order valence-corrected chi connectivity index (χ4v) is 6.48. The van der Waals surface area contributed by atoms with Crippen LogP contribution in [0.2, 0.25) is 0 Å². The van der Waals surface area contributed by atoms with E-state index in [0.717, 1.165) is 72.9 Å². The molecule has 0 unspecified atom stereocenters. The van der Waals surface area contributed by atoms with E-state index in [-0.39, 0.29) is 32.9 Å². The normalized spacial score (nSPS) is 11.4. The van der Waals surface area contributed by atoms with Crippen LogP contribution in [0.4, 0.5) is 0 Å². The van der Waals surface area contributed by atoms with Crippen molar-refractivity contribution in [2.24, 2.45) is 0 Å². The van der Waals surface area contributed by atoms with Crippen LogP contribution in [0.15, 0.2) is 91.1 Å². The Morgan fingerprint density at radius 3 is 2.12 bits per heavy atom. The average Bonchev–Trinajstić information content (AvgIpc) is 3.65. The van der Waals surface area contributed by atoms with E-state index in [0.29, 0.717) is 11.5 Å². The van der Waals surface area contributed by atoms with Crippen LogP contribution < -0.4 is 14.2 Å². The molecule has 7 aromatic rings. The van der Waals surface area contributed by atoms with Crippen molar-refractivity contribution in [1.29, 1.82) is 0 Å². The number of fused-ring (bicyclic) bond motifs is 3. The number of pyridine rings is 1. The van der Waals surface area contributed by atoms with Crippen LogP contribution in [-0.2, 0) is 21.1 Å². The minimum Gasteiger partial charge on any atom is -0.509 e. The summed E-state index contributed by atoms with van der Waals surface area (Å²) in [6.45, 7) is 10.7. The Morgan fingerprint density at radius 1 is 0.714 bits per heavy atom. The maximum atomic E-state index is 6.48. The van der Waals surface area contributed by atoms with Crippen LogP contribution in [0.1, 0.15) is 56.5 Å². The number of methoxy groups -OCH3 is 2. The van der Waals surface area contributed by atoms with E-state index in [1.165, 1.54) is 0 Å². The number of hydrogen-bond acceptors (Lipinski definition) is 5. The van der Waals surface area contributed by atoms with Gasteiger partial charge >= 0.3 is 21.1 Å². The Balaban J connectivity index is 0.00000417. The Bertz CT molecular complexity index is 2260. The number of aryl methyl sites for hydroxylation is 1. The van der Waals surface area contributed by atoms with E-state index >= 15 is 0 Å².